The van der Waals surface area contributed by atoms with Crippen molar-refractivity contribution in [1.82, 2.24) is 23.8 Å². The van der Waals surface area contributed by atoms with Crippen molar-refractivity contribution in [1.29, 1.82) is 0 Å². The first-order valence-electron chi connectivity index (χ1n) is 9.26. The minimum Gasteiger partial charge on any atom is -0.310 e. The lowest BCUT2D eigenvalue weighted by atomic mass is 10.1. The lowest BCUT2D eigenvalue weighted by molar-refractivity contribution is -0.437. The third-order valence-corrected chi connectivity index (χ3v) is 5.00. The maximum Gasteiger partial charge on any atom is 0.332 e. The number of aromatic amines is 1. The SMILES string of the molecule is C[C@@H](C(=O)Nc1ccc(-c2ccccc2)n[nH+]1)n1cnc2c1c(=O)n(C)c(=O)n2C. The zero-order chi connectivity index (χ0) is 21.4. The molecule has 0 bridgehead atoms. The Hall–Kier alpha value is -4.08. The van der Waals surface area contributed by atoms with Crippen LogP contribution in [0.15, 0.2) is 58.4 Å². The summed E-state index contributed by atoms with van der Waals surface area (Å²) in [4.78, 5) is 41.6. The van der Waals surface area contributed by atoms with Crippen molar-refractivity contribution < 1.29 is 9.89 Å². The van der Waals surface area contributed by atoms with Crippen LogP contribution in [0.25, 0.3) is 22.4 Å². The lowest BCUT2D eigenvalue weighted by Crippen LogP contribution is -2.38. The number of carbonyl (C=O) groups excluding carboxylic acids is 1. The quantitative estimate of drug-likeness (QED) is 0.530. The fourth-order valence-corrected chi connectivity index (χ4v) is 3.22. The van der Waals surface area contributed by atoms with Crippen LogP contribution in [0.5, 0.6) is 0 Å². The number of imidazole rings is 1. The normalized spacial score (nSPS) is 12.1. The summed E-state index contributed by atoms with van der Waals surface area (Å²) in [5.74, 6) is 0.0481. The van der Waals surface area contributed by atoms with Gasteiger partial charge in [0.05, 0.1) is 6.33 Å². The second-order valence-corrected chi connectivity index (χ2v) is 6.92. The van der Waals surface area contributed by atoms with Crippen molar-refractivity contribution in [2.45, 2.75) is 13.0 Å². The second-order valence-electron chi connectivity index (χ2n) is 6.92. The number of nitrogens with zero attached hydrogens (tertiary/aromatic N) is 5. The van der Waals surface area contributed by atoms with Crippen molar-refractivity contribution in [3.05, 3.63) is 69.6 Å². The Morgan fingerprint density at radius 3 is 2.47 bits per heavy atom. The number of hydrogen-bond donors (Lipinski definition) is 1. The molecule has 10 nitrogen and oxygen atoms in total. The molecule has 0 saturated heterocycles. The molecular formula is C20H20N7O3+. The molecule has 0 fully saturated rings. The van der Waals surface area contributed by atoms with Gasteiger partial charge in [-0.25, -0.2) is 19.9 Å². The summed E-state index contributed by atoms with van der Waals surface area (Å²) in [6, 6.07) is 12.4. The van der Waals surface area contributed by atoms with Gasteiger partial charge in [0.2, 0.25) is 0 Å². The largest absolute Gasteiger partial charge is 0.332 e. The van der Waals surface area contributed by atoms with E-state index < -0.39 is 17.3 Å². The smallest absolute Gasteiger partial charge is 0.310 e. The third-order valence-electron chi connectivity index (χ3n) is 5.00. The summed E-state index contributed by atoms with van der Waals surface area (Å²) in [5.41, 5.74) is 1.12. The molecule has 0 aliphatic carbocycles. The zero-order valence-corrected chi connectivity index (χ0v) is 16.7. The molecular weight excluding hydrogens is 386 g/mol. The van der Waals surface area contributed by atoms with Crippen molar-refractivity contribution >= 4 is 22.9 Å². The van der Waals surface area contributed by atoms with E-state index in [2.05, 4.69) is 20.5 Å². The van der Waals surface area contributed by atoms with Crippen LogP contribution in [0.3, 0.4) is 0 Å². The van der Waals surface area contributed by atoms with Crippen LogP contribution in [0.2, 0.25) is 0 Å². The van der Waals surface area contributed by atoms with Crippen LogP contribution >= 0.6 is 0 Å². The molecule has 1 amide bonds. The summed E-state index contributed by atoms with van der Waals surface area (Å²) >= 11 is 0. The van der Waals surface area contributed by atoms with E-state index in [1.807, 2.05) is 30.3 Å². The fourth-order valence-electron chi connectivity index (χ4n) is 3.22. The molecule has 0 unspecified atom stereocenters. The molecule has 3 aromatic heterocycles. The van der Waals surface area contributed by atoms with Gasteiger partial charge in [0.1, 0.15) is 11.7 Å². The lowest BCUT2D eigenvalue weighted by Gasteiger charge is -2.11. The van der Waals surface area contributed by atoms with E-state index in [-0.39, 0.29) is 17.1 Å². The molecule has 0 saturated carbocycles. The molecule has 0 aliphatic heterocycles. The minimum atomic E-state index is -0.748. The first-order valence-corrected chi connectivity index (χ1v) is 9.26. The van der Waals surface area contributed by atoms with Gasteiger partial charge in [-0.3, -0.25) is 13.9 Å². The standard InChI is InChI=1S/C20H19N7O3/c1-12(27-11-21-17-16(27)19(29)26(3)20(30)25(17)2)18(28)22-15-10-9-14(23-24-15)13-7-5-4-6-8-13/h4-12H,1-3H3,(H,22,24,28)/p+1/t12-/m0/s1. The average Bonchev–Trinajstić information content (AvgIpc) is 3.22. The Labute approximate surface area is 170 Å². The van der Waals surface area contributed by atoms with Crippen molar-refractivity contribution in [3.8, 4) is 11.3 Å². The number of aryl methyl sites for hydroxylation is 1. The van der Waals surface area contributed by atoms with Gasteiger partial charge in [-0.15, -0.1) is 5.10 Å². The van der Waals surface area contributed by atoms with Crippen LogP contribution in [-0.4, -0.2) is 29.7 Å². The second kappa shape index (κ2) is 7.39. The van der Waals surface area contributed by atoms with Gasteiger partial charge in [-0.05, 0) is 13.0 Å². The molecule has 30 heavy (non-hydrogen) atoms. The molecule has 3 heterocycles. The van der Waals surface area contributed by atoms with E-state index in [9.17, 15) is 14.4 Å². The van der Waals surface area contributed by atoms with E-state index in [4.69, 9.17) is 0 Å². The highest BCUT2D eigenvalue weighted by Crippen LogP contribution is 2.17. The van der Waals surface area contributed by atoms with Crippen LogP contribution in [0, 0.1) is 0 Å². The van der Waals surface area contributed by atoms with Gasteiger partial charge in [-0.2, -0.15) is 0 Å². The number of anilines is 1. The molecule has 2 N–H and O–H groups in total. The monoisotopic (exact) mass is 406 g/mol. The fraction of sp³-hybridized carbons (Fsp3) is 0.200. The number of carbonyl (C=O) groups is 1. The van der Waals surface area contributed by atoms with Gasteiger partial charge < -0.3 is 4.57 Å². The predicted molar refractivity (Wildman–Crippen MR) is 110 cm³/mol. The Morgan fingerprint density at radius 2 is 1.80 bits per heavy atom. The molecule has 152 valence electrons. The molecule has 0 spiro atoms. The summed E-state index contributed by atoms with van der Waals surface area (Å²) in [5, 5.41) is 9.84. The number of hydrogen-bond acceptors (Lipinski definition) is 5. The summed E-state index contributed by atoms with van der Waals surface area (Å²) in [6.07, 6.45) is 1.39. The van der Waals surface area contributed by atoms with Crippen LogP contribution in [0.1, 0.15) is 13.0 Å². The number of rotatable bonds is 4. The molecule has 1 aromatic carbocycles. The van der Waals surface area contributed by atoms with Crippen molar-refractivity contribution in [2.24, 2.45) is 14.1 Å². The Kier molecular flexibility index (Phi) is 4.74. The Balaban J connectivity index is 1.60. The zero-order valence-electron chi connectivity index (χ0n) is 16.7. The average molecular weight is 406 g/mol. The highest BCUT2D eigenvalue weighted by molar-refractivity contribution is 5.93. The topological polar surface area (TPSA) is 118 Å². The minimum absolute atomic E-state index is 0.184. The number of aromatic nitrogens is 6. The summed E-state index contributed by atoms with van der Waals surface area (Å²) in [7, 11) is 2.92. The van der Waals surface area contributed by atoms with Gasteiger partial charge >= 0.3 is 11.6 Å². The van der Waals surface area contributed by atoms with Crippen molar-refractivity contribution in [3.63, 3.8) is 0 Å². The molecule has 4 rings (SSSR count). The first kappa shape index (κ1) is 19.2. The van der Waals surface area contributed by atoms with Crippen LogP contribution < -0.4 is 21.7 Å². The van der Waals surface area contributed by atoms with E-state index in [0.29, 0.717) is 5.82 Å². The number of amides is 1. The number of nitrogens with one attached hydrogen (secondary N) is 2. The van der Waals surface area contributed by atoms with Gasteiger partial charge in [0, 0.05) is 25.7 Å². The molecule has 0 radical (unpaired) electrons. The van der Waals surface area contributed by atoms with Gasteiger partial charge in [0.15, 0.2) is 11.2 Å². The molecule has 0 aliphatic rings. The third kappa shape index (κ3) is 3.17. The van der Waals surface area contributed by atoms with E-state index >= 15 is 0 Å². The number of H-pyrrole nitrogens is 1. The van der Waals surface area contributed by atoms with E-state index in [1.165, 1.54) is 29.6 Å². The summed E-state index contributed by atoms with van der Waals surface area (Å²) in [6.45, 7) is 1.65. The Bertz CT molecular complexity index is 1350. The van der Waals surface area contributed by atoms with E-state index in [0.717, 1.165) is 15.8 Å². The highest BCUT2D eigenvalue weighted by Gasteiger charge is 2.25. The maximum absolute atomic E-state index is 12.8. The highest BCUT2D eigenvalue weighted by atomic mass is 16.2. The number of benzene rings is 1. The van der Waals surface area contributed by atoms with E-state index in [1.54, 1.807) is 19.1 Å². The maximum atomic E-state index is 12.8. The first-order chi connectivity index (χ1) is 14.4. The Morgan fingerprint density at radius 1 is 1.07 bits per heavy atom. The number of fused-ring (bicyclic) bond motifs is 1. The van der Waals surface area contributed by atoms with Crippen LogP contribution in [-0.2, 0) is 18.9 Å². The summed E-state index contributed by atoms with van der Waals surface area (Å²) < 4.78 is 3.72. The van der Waals surface area contributed by atoms with Crippen LogP contribution in [0.4, 0.5) is 5.82 Å². The van der Waals surface area contributed by atoms with Gasteiger partial charge in [0.25, 0.3) is 11.4 Å². The predicted octanol–water partition coefficient (Wildman–Crippen LogP) is 0.509. The van der Waals surface area contributed by atoms with Gasteiger partial charge in [-0.1, -0.05) is 35.4 Å². The van der Waals surface area contributed by atoms with Crippen molar-refractivity contribution in [2.75, 3.05) is 5.32 Å². The molecule has 4 aromatic rings. The molecule has 10 heteroatoms. The molecule has 1 atom stereocenters.